The van der Waals surface area contributed by atoms with Gasteiger partial charge in [-0.25, -0.2) is 0 Å². The van der Waals surface area contributed by atoms with Crippen molar-refractivity contribution in [3.05, 3.63) is 0 Å². The summed E-state index contributed by atoms with van der Waals surface area (Å²) in [5.41, 5.74) is 0. The zero-order chi connectivity index (χ0) is 9.97. The van der Waals surface area contributed by atoms with Gasteiger partial charge >= 0.3 is 0 Å². The van der Waals surface area contributed by atoms with Gasteiger partial charge in [0.1, 0.15) is 5.78 Å². The van der Waals surface area contributed by atoms with Gasteiger partial charge in [0.2, 0.25) is 0 Å². The quantitative estimate of drug-likeness (QED) is 0.623. The van der Waals surface area contributed by atoms with Crippen molar-refractivity contribution in [2.75, 3.05) is 0 Å². The van der Waals surface area contributed by atoms with Crippen LogP contribution in [0.4, 0.5) is 0 Å². The van der Waals surface area contributed by atoms with Crippen molar-refractivity contribution < 1.29 is 4.79 Å². The van der Waals surface area contributed by atoms with E-state index in [2.05, 4.69) is 6.92 Å². The van der Waals surface area contributed by atoms with Gasteiger partial charge in [0.15, 0.2) is 0 Å². The van der Waals surface area contributed by atoms with Gasteiger partial charge in [-0.3, -0.25) is 4.79 Å². The molecule has 0 heterocycles. The lowest BCUT2D eigenvalue weighted by Crippen LogP contribution is -2.31. The number of ketones is 1. The summed E-state index contributed by atoms with van der Waals surface area (Å²) in [6.45, 7) is 2.31. The van der Waals surface area contributed by atoms with Crippen molar-refractivity contribution in [3.63, 3.8) is 0 Å². The van der Waals surface area contributed by atoms with Crippen molar-refractivity contribution >= 4 is 5.78 Å². The molecular weight excluding hydrogens is 172 g/mol. The van der Waals surface area contributed by atoms with E-state index in [1.807, 2.05) is 0 Å². The summed E-state index contributed by atoms with van der Waals surface area (Å²) in [6, 6.07) is 0. The Morgan fingerprint density at radius 1 is 1.07 bits per heavy atom. The lowest BCUT2D eigenvalue weighted by atomic mass is 9.70. The van der Waals surface area contributed by atoms with Gasteiger partial charge in [0, 0.05) is 12.3 Å². The molecular formula is C13H22O. The van der Waals surface area contributed by atoms with Gasteiger partial charge in [-0.05, 0) is 37.5 Å². The van der Waals surface area contributed by atoms with E-state index in [0.29, 0.717) is 11.7 Å². The maximum Gasteiger partial charge on any atom is 0.136 e. The van der Waals surface area contributed by atoms with E-state index in [-0.39, 0.29) is 0 Å². The molecule has 1 nitrogen and oxygen atoms in total. The van der Waals surface area contributed by atoms with E-state index >= 15 is 0 Å². The van der Waals surface area contributed by atoms with Crippen LogP contribution in [0.2, 0.25) is 0 Å². The molecule has 0 aromatic rings. The van der Waals surface area contributed by atoms with Crippen molar-refractivity contribution in [3.8, 4) is 0 Å². The average molecular weight is 194 g/mol. The van der Waals surface area contributed by atoms with Crippen LogP contribution in [0.15, 0.2) is 0 Å². The van der Waals surface area contributed by atoms with Gasteiger partial charge in [0.05, 0.1) is 0 Å². The Labute approximate surface area is 87.3 Å². The smallest absolute Gasteiger partial charge is 0.136 e. The molecule has 2 rings (SSSR count). The standard InChI is InChI=1S/C13H22O/c1-10-7-8-13(14)12(9-10)11-5-3-2-4-6-11/h10-12H,2-9H2,1H3. The number of rotatable bonds is 1. The SMILES string of the molecule is CC1CCC(=O)C(C2CCCCC2)C1. The second-order valence-corrected chi connectivity index (χ2v) is 5.35. The average Bonchev–Trinajstić information content (AvgIpc) is 2.23. The van der Waals surface area contributed by atoms with Crippen molar-refractivity contribution in [2.24, 2.45) is 17.8 Å². The number of Topliss-reactive ketones (excluding diaryl/α,β-unsaturated/α-hetero) is 1. The highest BCUT2D eigenvalue weighted by molar-refractivity contribution is 5.82. The minimum Gasteiger partial charge on any atom is -0.299 e. The highest BCUT2D eigenvalue weighted by Gasteiger charge is 2.33. The lowest BCUT2D eigenvalue weighted by molar-refractivity contribution is -0.127. The third kappa shape index (κ3) is 2.18. The van der Waals surface area contributed by atoms with Crippen LogP contribution in [-0.2, 0) is 4.79 Å². The number of hydrogen-bond acceptors (Lipinski definition) is 1. The van der Waals surface area contributed by atoms with Crippen LogP contribution < -0.4 is 0 Å². The van der Waals surface area contributed by atoms with E-state index in [1.54, 1.807) is 0 Å². The van der Waals surface area contributed by atoms with E-state index in [0.717, 1.165) is 24.7 Å². The summed E-state index contributed by atoms with van der Waals surface area (Å²) >= 11 is 0. The van der Waals surface area contributed by atoms with Gasteiger partial charge in [-0.1, -0.05) is 26.2 Å². The zero-order valence-electron chi connectivity index (χ0n) is 9.30. The van der Waals surface area contributed by atoms with Crippen LogP contribution in [-0.4, -0.2) is 5.78 Å². The van der Waals surface area contributed by atoms with Gasteiger partial charge < -0.3 is 0 Å². The second kappa shape index (κ2) is 4.46. The highest BCUT2D eigenvalue weighted by Crippen LogP contribution is 2.38. The van der Waals surface area contributed by atoms with Crippen LogP contribution >= 0.6 is 0 Å². The molecule has 0 saturated heterocycles. The van der Waals surface area contributed by atoms with E-state index in [9.17, 15) is 4.79 Å². The van der Waals surface area contributed by atoms with Crippen LogP contribution in [0.25, 0.3) is 0 Å². The topological polar surface area (TPSA) is 17.1 Å². The van der Waals surface area contributed by atoms with Crippen molar-refractivity contribution in [2.45, 2.75) is 58.3 Å². The number of carbonyl (C=O) groups is 1. The van der Waals surface area contributed by atoms with Crippen LogP contribution in [0.1, 0.15) is 58.3 Å². The van der Waals surface area contributed by atoms with Crippen LogP contribution in [0.3, 0.4) is 0 Å². The molecule has 0 radical (unpaired) electrons. The fourth-order valence-corrected chi connectivity index (χ4v) is 3.25. The molecule has 14 heavy (non-hydrogen) atoms. The molecule has 2 fully saturated rings. The zero-order valence-corrected chi connectivity index (χ0v) is 9.30. The minimum absolute atomic E-state index is 0.444. The Bertz CT molecular complexity index is 203. The third-order valence-corrected chi connectivity index (χ3v) is 4.17. The predicted molar refractivity (Wildman–Crippen MR) is 58.1 cm³/mol. The minimum atomic E-state index is 0.444. The van der Waals surface area contributed by atoms with Gasteiger partial charge in [0.25, 0.3) is 0 Å². The molecule has 0 amide bonds. The number of hydrogen-bond donors (Lipinski definition) is 0. The second-order valence-electron chi connectivity index (χ2n) is 5.35. The van der Waals surface area contributed by atoms with E-state index in [4.69, 9.17) is 0 Å². The van der Waals surface area contributed by atoms with E-state index < -0.39 is 0 Å². The molecule has 0 N–H and O–H groups in total. The summed E-state index contributed by atoms with van der Waals surface area (Å²) in [5.74, 6) is 2.56. The summed E-state index contributed by atoms with van der Waals surface area (Å²) in [5, 5.41) is 0. The highest BCUT2D eigenvalue weighted by atomic mass is 16.1. The Morgan fingerprint density at radius 2 is 1.79 bits per heavy atom. The molecule has 2 atom stereocenters. The Kier molecular flexibility index (Phi) is 3.25. The monoisotopic (exact) mass is 194 g/mol. The molecule has 2 aliphatic rings. The Hall–Kier alpha value is -0.330. The molecule has 80 valence electrons. The lowest BCUT2D eigenvalue weighted by Gasteiger charge is -2.34. The maximum absolute atomic E-state index is 11.8. The summed E-state index contributed by atoms with van der Waals surface area (Å²) in [7, 11) is 0. The molecule has 0 aliphatic heterocycles. The first-order valence-electron chi connectivity index (χ1n) is 6.30. The summed E-state index contributed by atoms with van der Waals surface area (Å²) in [4.78, 5) is 11.8. The van der Waals surface area contributed by atoms with Crippen molar-refractivity contribution in [1.82, 2.24) is 0 Å². The number of carbonyl (C=O) groups excluding carboxylic acids is 1. The summed E-state index contributed by atoms with van der Waals surface area (Å²) in [6.07, 6.45) is 9.96. The molecule has 2 saturated carbocycles. The fraction of sp³-hybridized carbons (Fsp3) is 0.923. The third-order valence-electron chi connectivity index (χ3n) is 4.17. The Balaban J connectivity index is 1.96. The molecule has 0 aromatic heterocycles. The Morgan fingerprint density at radius 3 is 2.50 bits per heavy atom. The molecule has 2 aliphatic carbocycles. The van der Waals surface area contributed by atoms with Gasteiger partial charge in [-0.15, -0.1) is 0 Å². The van der Waals surface area contributed by atoms with Crippen molar-refractivity contribution in [1.29, 1.82) is 0 Å². The first-order valence-corrected chi connectivity index (χ1v) is 6.30. The molecule has 0 aromatic carbocycles. The first kappa shape index (κ1) is 10.2. The molecule has 1 heteroatoms. The summed E-state index contributed by atoms with van der Waals surface area (Å²) < 4.78 is 0. The molecule has 0 bridgehead atoms. The van der Waals surface area contributed by atoms with Gasteiger partial charge in [-0.2, -0.15) is 0 Å². The molecule has 2 unspecified atom stereocenters. The normalized spacial score (nSPS) is 35.9. The molecule has 0 spiro atoms. The first-order chi connectivity index (χ1) is 6.77. The largest absolute Gasteiger partial charge is 0.299 e. The van der Waals surface area contributed by atoms with Crippen LogP contribution in [0, 0.1) is 17.8 Å². The predicted octanol–water partition coefficient (Wildman–Crippen LogP) is 3.57. The van der Waals surface area contributed by atoms with E-state index in [1.165, 1.54) is 38.5 Å². The fourth-order valence-electron chi connectivity index (χ4n) is 3.25. The van der Waals surface area contributed by atoms with Crippen LogP contribution in [0.5, 0.6) is 0 Å². The maximum atomic E-state index is 11.8.